The normalized spacial score (nSPS) is 11.2. The van der Waals surface area contributed by atoms with Crippen LogP contribution in [0.2, 0.25) is 0 Å². The molecular formula is C15H17BrN2O2S. The van der Waals surface area contributed by atoms with Gasteiger partial charge in [-0.1, -0.05) is 34.1 Å². The highest BCUT2D eigenvalue weighted by atomic mass is 79.9. The van der Waals surface area contributed by atoms with Crippen molar-refractivity contribution >= 4 is 37.3 Å². The van der Waals surface area contributed by atoms with Crippen molar-refractivity contribution in [1.29, 1.82) is 0 Å². The van der Waals surface area contributed by atoms with Gasteiger partial charge in [0, 0.05) is 11.0 Å². The van der Waals surface area contributed by atoms with Crippen LogP contribution in [0.25, 0.3) is 0 Å². The van der Waals surface area contributed by atoms with Gasteiger partial charge < -0.3 is 5.32 Å². The Bertz CT molecular complexity index is 745. The Labute approximate surface area is 133 Å². The third-order valence-electron chi connectivity index (χ3n) is 3.06. The van der Waals surface area contributed by atoms with Crippen molar-refractivity contribution < 1.29 is 8.42 Å². The molecule has 0 amide bonds. The second-order valence-corrected chi connectivity index (χ2v) is 7.05. The summed E-state index contributed by atoms with van der Waals surface area (Å²) in [6.45, 7) is 4.44. The molecule has 2 aromatic carbocycles. The molecule has 2 aromatic rings. The molecule has 0 aliphatic rings. The largest absolute Gasteiger partial charge is 0.384 e. The fourth-order valence-corrected chi connectivity index (χ4v) is 3.63. The maximum absolute atomic E-state index is 12.6. The Hall–Kier alpha value is -1.53. The predicted molar refractivity (Wildman–Crippen MR) is 90.3 cm³/mol. The van der Waals surface area contributed by atoms with Crippen molar-refractivity contribution in [1.82, 2.24) is 0 Å². The van der Waals surface area contributed by atoms with Crippen molar-refractivity contribution in [2.75, 3.05) is 16.6 Å². The Morgan fingerprint density at radius 2 is 1.71 bits per heavy atom. The van der Waals surface area contributed by atoms with Crippen molar-refractivity contribution in [3.63, 3.8) is 0 Å². The third-order valence-corrected chi connectivity index (χ3v) is 5.34. The molecule has 0 atom stereocenters. The van der Waals surface area contributed by atoms with Crippen LogP contribution >= 0.6 is 15.9 Å². The van der Waals surface area contributed by atoms with E-state index >= 15 is 0 Å². The molecule has 0 radical (unpaired) electrons. The monoisotopic (exact) mass is 368 g/mol. The molecule has 0 aliphatic carbocycles. The Balaban J connectivity index is 2.41. The summed E-state index contributed by atoms with van der Waals surface area (Å²) < 4.78 is 28.7. The number of hydrogen-bond acceptors (Lipinski definition) is 3. The van der Waals surface area contributed by atoms with Crippen LogP contribution in [0.1, 0.15) is 12.5 Å². The zero-order valence-electron chi connectivity index (χ0n) is 11.9. The second-order valence-electron chi connectivity index (χ2n) is 4.54. The Kier molecular flexibility index (Phi) is 4.90. The van der Waals surface area contributed by atoms with E-state index in [4.69, 9.17) is 0 Å². The molecule has 2 N–H and O–H groups in total. The summed E-state index contributed by atoms with van der Waals surface area (Å²) in [5.41, 5.74) is 2.01. The molecule has 21 heavy (non-hydrogen) atoms. The lowest BCUT2D eigenvalue weighted by Crippen LogP contribution is -2.16. The quantitative estimate of drug-likeness (QED) is 0.838. The number of para-hydroxylation sites is 1. The maximum atomic E-state index is 12.6. The van der Waals surface area contributed by atoms with E-state index in [2.05, 4.69) is 26.0 Å². The molecule has 0 aromatic heterocycles. The highest BCUT2D eigenvalue weighted by Crippen LogP contribution is 2.28. The first-order chi connectivity index (χ1) is 9.95. The first-order valence-electron chi connectivity index (χ1n) is 6.56. The van der Waals surface area contributed by atoms with Gasteiger partial charge in [0.2, 0.25) is 0 Å². The summed E-state index contributed by atoms with van der Waals surface area (Å²) in [6, 6.07) is 12.3. The summed E-state index contributed by atoms with van der Waals surface area (Å²) in [7, 11) is -3.64. The van der Waals surface area contributed by atoms with E-state index in [9.17, 15) is 8.42 Å². The molecule has 0 heterocycles. The van der Waals surface area contributed by atoms with Gasteiger partial charge in [0.25, 0.3) is 10.0 Å². The number of rotatable bonds is 5. The fraction of sp³-hybridized carbons (Fsp3) is 0.200. The molecule has 112 valence electrons. The molecule has 0 saturated carbocycles. The SMILES string of the molecule is CCNc1ccccc1S(=O)(=O)Nc1cccc(Br)c1C. The van der Waals surface area contributed by atoms with Crippen LogP contribution in [0.3, 0.4) is 0 Å². The molecule has 0 saturated heterocycles. The summed E-state index contributed by atoms with van der Waals surface area (Å²) in [6.07, 6.45) is 0. The van der Waals surface area contributed by atoms with Crippen molar-refractivity contribution in [2.45, 2.75) is 18.7 Å². The molecule has 2 rings (SSSR count). The molecule has 0 aliphatic heterocycles. The number of nitrogens with one attached hydrogen (secondary N) is 2. The van der Waals surface area contributed by atoms with Crippen LogP contribution < -0.4 is 10.0 Å². The lowest BCUT2D eigenvalue weighted by atomic mass is 10.2. The van der Waals surface area contributed by atoms with Crippen molar-refractivity contribution in [2.24, 2.45) is 0 Å². The predicted octanol–water partition coefficient (Wildman–Crippen LogP) is 3.99. The summed E-state index contributed by atoms with van der Waals surface area (Å²) in [5.74, 6) is 0. The van der Waals surface area contributed by atoms with Gasteiger partial charge >= 0.3 is 0 Å². The molecule has 0 fully saturated rings. The van der Waals surface area contributed by atoms with E-state index in [1.165, 1.54) is 0 Å². The van der Waals surface area contributed by atoms with E-state index in [-0.39, 0.29) is 4.90 Å². The molecule has 0 spiro atoms. The summed E-state index contributed by atoms with van der Waals surface area (Å²) in [4.78, 5) is 0.242. The average Bonchev–Trinajstić information content (AvgIpc) is 2.44. The third kappa shape index (κ3) is 3.57. The Morgan fingerprint density at radius 1 is 1.05 bits per heavy atom. The first kappa shape index (κ1) is 15.9. The van der Waals surface area contributed by atoms with E-state index in [1.54, 1.807) is 36.4 Å². The van der Waals surface area contributed by atoms with Gasteiger partial charge in [-0.2, -0.15) is 0 Å². The van der Waals surface area contributed by atoms with Crippen LogP contribution in [-0.2, 0) is 10.0 Å². The van der Waals surface area contributed by atoms with Gasteiger partial charge in [-0.15, -0.1) is 0 Å². The smallest absolute Gasteiger partial charge is 0.263 e. The minimum atomic E-state index is -3.64. The molecular weight excluding hydrogens is 352 g/mol. The van der Waals surface area contributed by atoms with Crippen molar-refractivity contribution in [3.05, 3.63) is 52.5 Å². The minimum absolute atomic E-state index is 0.242. The number of halogens is 1. The highest BCUT2D eigenvalue weighted by molar-refractivity contribution is 9.10. The van der Waals surface area contributed by atoms with Gasteiger partial charge in [-0.05, 0) is 43.7 Å². The first-order valence-corrected chi connectivity index (χ1v) is 8.84. The van der Waals surface area contributed by atoms with Gasteiger partial charge in [-0.3, -0.25) is 4.72 Å². The lowest BCUT2D eigenvalue weighted by Gasteiger charge is -2.14. The van der Waals surface area contributed by atoms with Gasteiger partial charge in [0.05, 0.1) is 11.4 Å². The lowest BCUT2D eigenvalue weighted by molar-refractivity contribution is 0.601. The summed E-state index contributed by atoms with van der Waals surface area (Å²) >= 11 is 3.40. The van der Waals surface area contributed by atoms with E-state index in [0.29, 0.717) is 17.9 Å². The topological polar surface area (TPSA) is 58.2 Å². The average molecular weight is 369 g/mol. The van der Waals surface area contributed by atoms with Gasteiger partial charge in [-0.25, -0.2) is 8.42 Å². The number of benzene rings is 2. The zero-order chi connectivity index (χ0) is 15.5. The standard InChI is InChI=1S/C15H17BrN2O2S/c1-3-17-14-8-4-5-10-15(14)21(19,20)18-13-9-6-7-12(16)11(13)2/h4-10,17-18H,3H2,1-2H3. The molecule has 6 heteroatoms. The van der Waals surface area contributed by atoms with Crippen LogP contribution in [-0.4, -0.2) is 15.0 Å². The van der Waals surface area contributed by atoms with Crippen LogP contribution in [0.15, 0.2) is 51.8 Å². The highest BCUT2D eigenvalue weighted by Gasteiger charge is 2.19. The van der Waals surface area contributed by atoms with E-state index in [0.717, 1.165) is 10.0 Å². The van der Waals surface area contributed by atoms with Crippen LogP contribution in [0.5, 0.6) is 0 Å². The van der Waals surface area contributed by atoms with Crippen LogP contribution in [0, 0.1) is 6.92 Å². The molecule has 0 unspecified atom stereocenters. The second kappa shape index (κ2) is 6.49. The van der Waals surface area contributed by atoms with Crippen molar-refractivity contribution in [3.8, 4) is 0 Å². The molecule has 0 bridgehead atoms. The van der Waals surface area contributed by atoms with Gasteiger partial charge in [0.1, 0.15) is 4.90 Å². The van der Waals surface area contributed by atoms with Gasteiger partial charge in [0.15, 0.2) is 0 Å². The van der Waals surface area contributed by atoms with Crippen LogP contribution in [0.4, 0.5) is 11.4 Å². The molecule has 4 nitrogen and oxygen atoms in total. The Morgan fingerprint density at radius 3 is 2.43 bits per heavy atom. The van der Waals surface area contributed by atoms with E-state index < -0.39 is 10.0 Å². The minimum Gasteiger partial charge on any atom is -0.384 e. The number of sulfonamides is 1. The fourth-order valence-electron chi connectivity index (χ4n) is 1.96. The maximum Gasteiger partial charge on any atom is 0.263 e. The zero-order valence-corrected chi connectivity index (χ0v) is 14.3. The number of anilines is 2. The number of hydrogen-bond donors (Lipinski definition) is 2. The van der Waals surface area contributed by atoms with E-state index in [1.807, 2.05) is 19.9 Å². The summed E-state index contributed by atoms with van der Waals surface area (Å²) in [5, 5.41) is 3.07.